The van der Waals surface area contributed by atoms with Crippen LogP contribution in [0.25, 0.3) is 27.1 Å². The second-order valence-electron chi connectivity index (χ2n) is 4.04. The van der Waals surface area contributed by atoms with E-state index in [-0.39, 0.29) is 0 Å². The van der Waals surface area contributed by atoms with Crippen LogP contribution in [0, 0.1) is 0 Å². The van der Waals surface area contributed by atoms with Gasteiger partial charge in [-0.05, 0) is 29.7 Å². The van der Waals surface area contributed by atoms with E-state index >= 15 is 0 Å². The average molecular weight is 355 g/mol. The highest BCUT2D eigenvalue weighted by atomic mass is 35.5. The molecule has 0 N–H and O–H groups in total. The lowest BCUT2D eigenvalue weighted by atomic mass is 10.2. The molecule has 6 nitrogen and oxygen atoms in total. The van der Waals surface area contributed by atoms with E-state index in [0.29, 0.717) is 26.4 Å². The zero-order chi connectivity index (χ0) is 14.4. The van der Waals surface area contributed by atoms with Gasteiger partial charge in [0.25, 0.3) is 0 Å². The zero-order valence-corrected chi connectivity index (χ0v) is 13.2. The monoisotopic (exact) mass is 354 g/mol. The Hall–Kier alpha value is -1.61. The Labute approximate surface area is 136 Å². The molecule has 0 fully saturated rings. The van der Waals surface area contributed by atoms with Crippen LogP contribution in [0.5, 0.6) is 0 Å². The van der Waals surface area contributed by atoms with E-state index < -0.39 is 0 Å². The normalized spacial score (nSPS) is 11.3. The Morgan fingerprint density at radius 1 is 1.10 bits per heavy atom. The predicted octanol–water partition coefficient (Wildman–Crippen LogP) is 3.68. The predicted molar refractivity (Wildman–Crippen MR) is 83.0 cm³/mol. The van der Waals surface area contributed by atoms with Gasteiger partial charge in [-0.3, -0.25) is 0 Å². The molecule has 3 heterocycles. The number of hydrogen-bond acceptors (Lipinski definition) is 7. The van der Waals surface area contributed by atoms with Crippen molar-refractivity contribution in [3.05, 3.63) is 33.6 Å². The zero-order valence-electron chi connectivity index (χ0n) is 10.1. The summed E-state index contributed by atoms with van der Waals surface area (Å²) in [5.74, 6) is 0.545. The highest BCUT2D eigenvalue weighted by molar-refractivity contribution is 7.20. The van der Waals surface area contributed by atoms with Crippen LogP contribution in [0.4, 0.5) is 0 Å². The summed E-state index contributed by atoms with van der Waals surface area (Å²) in [6.45, 7) is 0. The largest absolute Gasteiger partial charge is 0.235 e. The number of aromatic nitrogens is 6. The third-order valence-corrected chi connectivity index (χ3v) is 4.73. The topological polar surface area (TPSA) is 68.9 Å². The Morgan fingerprint density at radius 3 is 2.81 bits per heavy atom. The van der Waals surface area contributed by atoms with Crippen LogP contribution in [0.15, 0.2) is 23.6 Å². The molecule has 0 atom stereocenters. The molecule has 0 radical (unpaired) electrons. The molecule has 0 amide bonds. The second-order valence-corrected chi connectivity index (χ2v) is 6.45. The van der Waals surface area contributed by atoms with Crippen molar-refractivity contribution in [2.24, 2.45) is 0 Å². The van der Waals surface area contributed by atoms with Gasteiger partial charge in [-0.15, -0.1) is 15.3 Å². The summed E-state index contributed by atoms with van der Waals surface area (Å²) in [5, 5.41) is 20.4. The fourth-order valence-corrected chi connectivity index (χ4v) is 3.50. The lowest BCUT2D eigenvalue weighted by molar-refractivity contribution is 0.965. The van der Waals surface area contributed by atoms with Gasteiger partial charge in [0, 0.05) is 16.0 Å². The van der Waals surface area contributed by atoms with Crippen LogP contribution in [0.3, 0.4) is 0 Å². The minimum Gasteiger partial charge on any atom is -0.182 e. The van der Waals surface area contributed by atoms with E-state index in [1.54, 1.807) is 22.7 Å². The van der Waals surface area contributed by atoms with Gasteiger partial charge in [0.05, 0.1) is 5.02 Å². The minimum atomic E-state index is 0.540. The molecule has 0 saturated heterocycles. The third-order valence-electron chi connectivity index (χ3n) is 2.74. The van der Waals surface area contributed by atoms with Crippen molar-refractivity contribution in [2.45, 2.75) is 0 Å². The second kappa shape index (κ2) is 4.99. The van der Waals surface area contributed by atoms with Crippen molar-refractivity contribution in [1.82, 2.24) is 29.4 Å². The third kappa shape index (κ3) is 2.20. The van der Waals surface area contributed by atoms with Gasteiger partial charge in [-0.2, -0.15) is 9.61 Å². The number of halogens is 2. The van der Waals surface area contributed by atoms with Crippen LogP contribution in [-0.4, -0.2) is 29.4 Å². The maximum atomic E-state index is 6.21. The van der Waals surface area contributed by atoms with Crippen LogP contribution >= 0.6 is 46.1 Å². The van der Waals surface area contributed by atoms with Gasteiger partial charge >= 0.3 is 0 Å². The first-order valence-electron chi connectivity index (χ1n) is 5.67. The molecule has 0 aliphatic rings. The van der Waals surface area contributed by atoms with E-state index in [1.165, 1.54) is 22.9 Å². The van der Waals surface area contributed by atoms with Gasteiger partial charge in [-0.25, -0.2) is 0 Å². The van der Waals surface area contributed by atoms with Crippen molar-refractivity contribution in [2.75, 3.05) is 0 Å². The summed E-state index contributed by atoms with van der Waals surface area (Å²) in [4.78, 5) is 0.657. The van der Waals surface area contributed by atoms with E-state index in [0.717, 1.165) is 10.7 Å². The summed E-state index contributed by atoms with van der Waals surface area (Å²) in [6, 6.07) is 5.18. The smallest absolute Gasteiger partial charge is 0.182 e. The van der Waals surface area contributed by atoms with Gasteiger partial charge in [0.1, 0.15) is 5.69 Å². The Kier molecular flexibility index (Phi) is 3.11. The van der Waals surface area contributed by atoms with E-state index in [1.807, 2.05) is 5.38 Å². The molecule has 21 heavy (non-hydrogen) atoms. The lowest BCUT2D eigenvalue weighted by Crippen LogP contribution is -1.92. The summed E-state index contributed by atoms with van der Waals surface area (Å²) in [5.41, 5.74) is 1.41. The Bertz CT molecular complexity index is 930. The van der Waals surface area contributed by atoms with Crippen molar-refractivity contribution in [1.29, 1.82) is 0 Å². The van der Waals surface area contributed by atoms with Crippen molar-refractivity contribution in [3.8, 4) is 22.1 Å². The van der Waals surface area contributed by atoms with Gasteiger partial charge in [0.15, 0.2) is 10.8 Å². The Morgan fingerprint density at radius 2 is 2.00 bits per heavy atom. The molecule has 3 aromatic heterocycles. The number of fused-ring (bicyclic) bond motifs is 1. The van der Waals surface area contributed by atoms with E-state index in [9.17, 15) is 0 Å². The number of benzene rings is 1. The van der Waals surface area contributed by atoms with Gasteiger partial charge < -0.3 is 0 Å². The first-order valence-corrected chi connectivity index (χ1v) is 8.08. The molecular weight excluding hydrogens is 351 g/mol. The standard InChI is InChI=1S/C11H4Cl2N6S2/c12-5-1-2-7(13)6(3-5)9-15-16-11-19(9)17-10(21-11)8-4-20-18-14-8/h1-4H. The van der Waals surface area contributed by atoms with Gasteiger partial charge in [0.2, 0.25) is 4.96 Å². The molecular formula is C11H4Cl2N6S2. The summed E-state index contributed by atoms with van der Waals surface area (Å²) in [6.07, 6.45) is 0. The number of nitrogens with zero attached hydrogens (tertiary/aromatic N) is 6. The fourth-order valence-electron chi connectivity index (χ4n) is 1.82. The highest BCUT2D eigenvalue weighted by Gasteiger charge is 2.17. The molecule has 4 rings (SSSR count). The summed E-state index contributed by atoms with van der Waals surface area (Å²) < 4.78 is 5.47. The first kappa shape index (κ1) is 13.1. The maximum Gasteiger partial charge on any atom is 0.235 e. The molecule has 1 aromatic carbocycles. The highest BCUT2D eigenvalue weighted by Crippen LogP contribution is 2.32. The molecule has 0 bridgehead atoms. The van der Waals surface area contributed by atoms with Crippen molar-refractivity contribution >= 4 is 51.0 Å². The molecule has 0 unspecified atom stereocenters. The Balaban J connectivity index is 1.92. The van der Waals surface area contributed by atoms with Crippen molar-refractivity contribution < 1.29 is 0 Å². The lowest BCUT2D eigenvalue weighted by Gasteiger charge is -2.01. The van der Waals surface area contributed by atoms with Crippen molar-refractivity contribution in [3.63, 3.8) is 0 Å². The number of rotatable bonds is 2. The maximum absolute atomic E-state index is 6.21. The molecule has 0 aliphatic carbocycles. The summed E-state index contributed by atoms with van der Waals surface area (Å²) >= 11 is 14.9. The molecule has 10 heteroatoms. The molecule has 104 valence electrons. The molecule has 0 spiro atoms. The quantitative estimate of drug-likeness (QED) is 0.549. The molecule has 0 saturated carbocycles. The van der Waals surface area contributed by atoms with E-state index in [2.05, 4.69) is 24.9 Å². The van der Waals surface area contributed by atoms with Crippen LogP contribution in [-0.2, 0) is 0 Å². The first-order chi connectivity index (χ1) is 10.2. The fraction of sp³-hybridized carbons (Fsp3) is 0. The molecule has 4 aromatic rings. The van der Waals surface area contributed by atoms with Gasteiger partial charge in [-0.1, -0.05) is 39.0 Å². The minimum absolute atomic E-state index is 0.540. The average Bonchev–Trinajstić information content (AvgIpc) is 3.15. The van der Waals surface area contributed by atoms with E-state index in [4.69, 9.17) is 23.2 Å². The molecule has 0 aliphatic heterocycles. The summed E-state index contributed by atoms with van der Waals surface area (Å²) in [7, 11) is 0. The SMILES string of the molecule is Clc1ccc(Cl)c(-c2nnc3sc(-c4csnn4)nn23)c1. The number of hydrogen-bond donors (Lipinski definition) is 0. The van der Waals surface area contributed by atoms with Crippen LogP contribution < -0.4 is 0 Å². The van der Waals surface area contributed by atoms with Crippen LogP contribution in [0.1, 0.15) is 0 Å². The van der Waals surface area contributed by atoms with Crippen LogP contribution in [0.2, 0.25) is 10.0 Å².